The van der Waals surface area contributed by atoms with Crippen LogP contribution in [0.2, 0.25) is 0 Å². The van der Waals surface area contributed by atoms with E-state index in [2.05, 4.69) is 116 Å². The Labute approximate surface area is 179 Å². The molecule has 4 rings (SSSR count). The molecular weight excluding hydrogens is 364 g/mol. The minimum Gasteiger partial charge on any atom is -0.373 e. The van der Waals surface area contributed by atoms with Crippen LogP contribution in [0.15, 0.2) is 103 Å². The molecule has 2 atom stereocenters. The molecule has 0 amide bonds. The molecule has 2 nitrogen and oxygen atoms in total. The predicted octanol–water partition coefficient (Wildman–Crippen LogP) is 7.46. The van der Waals surface area contributed by atoms with Crippen molar-refractivity contribution < 1.29 is 0 Å². The van der Waals surface area contributed by atoms with Gasteiger partial charge in [0.15, 0.2) is 0 Å². The molecule has 1 aromatic heterocycles. The minimum atomic E-state index is -0.0238. The topological polar surface area (TPSA) is 24.9 Å². The monoisotopic (exact) mass is 392 g/mol. The molecule has 1 N–H and O–H groups in total. The van der Waals surface area contributed by atoms with Gasteiger partial charge in [-0.2, -0.15) is 0 Å². The molecule has 2 unspecified atom stereocenters. The highest BCUT2D eigenvalue weighted by Crippen LogP contribution is 2.28. The molecule has 0 fully saturated rings. The molecule has 4 aromatic rings. The van der Waals surface area contributed by atoms with Crippen molar-refractivity contribution in [2.75, 3.05) is 5.32 Å². The molecule has 0 aliphatic heterocycles. The lowest BCUT2D eigenvalue weighted by Crippen LogP contribution is -2.14. The Morgan fingerprint density at radius 3 is 2.03 bits per heavy atom. The fourth-order valence-electron chi connectivity index (χ4n) is 3.67. The van der Waals surface area contributed by atoms with Gasteiger partial charge in [0.05, 0.1) is 17.4 Å². The van der Waals surface area contributed by atoms with Crippen LogP contribution in [0.25, 0.3) is 11.3 Å². The van der Waals surface area contributed by atoms with Gasteiger partial charge in [-0.15, -0.1) is 0 Å². The summed E-state index contributed by atoms with van der Waals surface area (Å²) in [5.74, 6) is 0.577. The highest BCUT2D eigenvalue weighted by Gasteiger charge is 2.16. The van der Waals surface area contributed by atoms with Crippen LogP contribution >= 0.6 is 0 Å². The third kappa shape index (κ3) is 4.60. The maximum absolute atomic E-state index is 5.01. The van der Waals surface area contributed by atoms with E-state index in [1.807, 2.05) is 6.07 Å². The minimum absolute atomic E-state index is 0.0238. The van der Waals surface area contributed by atoms with Crippen LogP contribution in [-0.4, -0.2) is 4.98 Å². The number of nitrogens with zero attached hydrogens (tertiary/aromatic N) is 1. The van der Waals surface area contributed by atoms with Crippen LogP contribution in [0.4, 0.5) is 5.69 Å². The van der Waals surface area contributed by atoms with E-state index in [9.17, 15) is 0 Å². The Bertz CT molecular complexity index is 1060. The van der Waals surface area contributed by atoms with E-state index < -0.39 is 0 Å². The number of aromatic nitrogens is 1. The molecule has 150 valence electrons. The largest absolute Gasteiger partial charge is 0.373 e. The maximum Gasteiger partial charge on any atom is 0.0940 e. The standard InChI is InChI=1S/C28H28N2/c1-3-21(2)22-17-19-25(20-18-22)29-28(24-13-8-5-9-14-24)27-16-10-15-26(30-27)23-11-6-4-7-12-23/h4-21,28-29H,3H2,1-2H3. The Morgan fingerprint density at radius 1 is 0.700 bits per heavy atom. The lowest BCUT2D eigenvalue weighted by molar-refractivity contribution is 0.733. The second-order valence-electron chi connectivity index (χ2n) is 7.73. The van der Waals surface area contributed by atoms with Gasteiger partial charge in [-0.3, -0.25) is 4.98 Å². The summed E-state index contributed by atoms with van der Waals surface area (Å²) in [4.78, 5) is 5.01. The number of hydrogen-bond donors (Lipinski definition) is 1. The van der Waals surface area contributed by atoms with Crippen LogP contribution in [0.1, 0.15) is 49.0 Å². The highest BCUT2D eigenvalue weighted by molar-refractivity contribution is 5.59. The molecule has 2 heteroatoms. The van der Waals surface area contributed by atoms with Crippen LogP contribution < -0.4 is 5.32 Å². The first-order valence-electron chi connectivity index (χ1n) is 10.7. The molecule has 0 radical (unpaired) electrons. The van der Waals surface area contributed by atoms with Gasteiger partial charge >= 0.3 is 0 Å². The number of nitrogens with one attached hydrogen (secondary N) is 1. The van der Waals surface area contributed by atoms with E-state index in [0.29, 0.717) is 5.92 Å². The van der Waals surface area contributed by atoms with E-state index in [-0.39, 0.29) is 6.04 Å². The first-order valence-corrected chi connectivity index (χ1v) is 10.7. The lowest BCUT2D eigenvalue weighted by Gasteiger charge is -2.21. The highest BCUT2D eigenvalue weighted by atomic mass is 14.9. The Kier molecular flexibility index (Phi) is 6.24. The lowest BCUT2D eigenvalue weighted by atomic mass is 9.98. The summed E-state index contributed by atoms with van der Waals surface area (Å²) < 4.78 is 0. The molecule has 0 spiro atoms. The van der Waals surface area contributed by atoms with Crippen molar-refractivity contribution in [1.29, 1.82) is 0 Å². The first kappa shape index (κ1) is 19.9. The van der Waals surface area contributed by atoms with E-state index in [1.54, 1.807) is 0 Å². The van der Waals surface area contributed by atoms with Crippen molar-refractivity contribution in [3.05, 3.63) is 120 Å². The third-order valence-electron chi connectivity index (χ3n) is 5.67. The van der Waals surface area contributed by atoms with Crippen LogP contribution in [0.5, 0.6) is 0 Å². The molecular formula is C28H28N2. The quantitative estimate of drug-likeness (QED) is 0.353. The zero-order valence-electron chi connectivity index (χ0n) is 17.6. The SMILES string of the molecule is CCC(C)c1ccc(NC(c2ccccc2)c2cccc(-c3ccccc3)n2)cc1. The maximum atomic E-state index is 5.01. The zero-order valence-corrected chi connectivity index (χ0v) is 17.6. The molecule has 3 aromatic carbocycles. The summed E-state index contributed by atoms with van der Waals surface area (Å²) in [6.45, 7) is 4.50. The summed E-state index contributed by atoms with van der Waals surface area (Å²) in [5.41, 5.74) is 6.80. The summed E-state index contributed by atoms with van der Waals surface area (Å²) in [7, 11) is 0. The number of anilines is 1. The predicted molar refractivity (Wildman–Crippen MR) is 127 cm³/mol. The molecule has 0 aliphatic rings. The molecule has 0 aliphatic carbocycles. The summed E-state index contributed by atoms with van der Waals surface area (Å²) >= 11 is 0. The summed E-state index contributed by atoms with van der Waals surface area (Å²) in [6.07, 6.45) is 1.15. The fraction of sp³-hybridized carbons (Fsp3) is 0.179. The second kappa shape index (κ2) is 9.41. The fourth-order valence-corrected chi connectivity index (χ4v) is 3.67. The van der Waals surface area contributed by atoms with Crippen molar-refractivity contribution in [3.63, 3.8) is 0 Å². The summed E-state index contributed by atoms with van der Waals surface area (Å²) in [6, 6.07) is 35.9. The van der Waals surface area contributed by atoms with E-state index in [4.69, 9.17) is 4.98 Å². The average molecular weight is 393 g/mol. The second-order valence-corrected chi connectivity index (χ2v) is 7.73. The van der Waals surface area contributed by atoms with Crippen molar-refractivity contribution in [2.24, 2.45) is 0 Å². The van der Waals surface area contributed by atoms with Gasteiger partial charge in [-0.1, -0.05) is 92.7 Å². The van der Waals surface area contributed by atoms with Gasteiger partial charge in [0.1, 0.15) is 0 Å². The van der Waals surface area contributed by atoms with Crippen molar-refractivity contribution in [3.8, 4) is 11.3 Å². The molecule has 1 heterocycles. The number of rotatable bonds is 7. The van der Waals surface area contributed by atoms with Gasteiger partial charge in [-0.25, -0.2) is 0 Å². The normalized spacial score (nSPS) is 12.9. The summed E-state index contributed by atoms with van der Waals surface area (Å²) in [5, 5.41) is 3.71. The first-order chi connectivity index (χ1) is 14.7. The van der Waals surface area contributed by atoms with Gasteiger partial charge in [0.2, 0.25) is 0 Å². The third-order valence-corrected chi connectivity index (χ3v) is 5.67. The molecule has 0 saturated carbocycles. The zero-order chi connectivity index (χ0) is 20.8. The van der Waals surface area contributed by atoms with E-state index in [0.717, 1.165) is 29.1 Å². The van der Waals surface area contributed by atoms with Gasteiger partial charge in [0.25, 0.3) is 0 Å². The molecule has 0 bridgehead atoms. The smallest absolute Gasteiger partial charge is 0.0940 e. The van der Waals surface area contributed by atoms with Gasteiger partial charge in [0, 0.05) is 11.3 Å². The van der Waals surface area contributed by atoms with Gasteiger partial charge < -0.3 is 5.32 Å². The van der Waals surface area contributed by atoms with Crippen LogP contribution in [0.3, 0.4) is 0 Å². The van der Waals surface area contributed by atoms with Crippen molar-refractivity contribution in [2.45, 2.75) is 32.2 Å². The van der Waals surface area contributed by atoms with E-state index >= 15 is 0 Å². The molecule has 0 saturated heterocycles. The number of benzene rings is 3. The Balaban J connectivity index is 1.68. The van der Waals surface area contributed by atoms with Gasteiger partial charge in [-0.05, 0) is 47.7 Å². The number of pyridine rings is 1. The Hall–Kier alpha value is -3.39. The van der Waals surface area contributed by atoms with Crippen molar-refractivity contribution >= 4 is 5.69 Å². The van der Waals surface area contributed by atoms with Crippen LogP contribution in [0, 0.1) is 0 Å². The van der Waals surface area contributed by atoms with Crippen LogP contribution in [-0.2, 0) is 0 Å². The van der Waals surface area contributed by atoms with Crippen molar-refractivity contribution in [1.82, 2.24) is 4.98 Å². The van der Waals surface area contributed by atoms with E-state index in [1.165, 1.54) is 11.1 Å². The number of hydrogen-bond acceptors (Lipinski definition) is 2. The average Bonchev–Trinajstić information content (AvgIpc) is 2.83. The Morgan fingerprint density at radius 2 is 1.37 bits per heavy atom. The molecule has 30 heavy (non-hydrogen) atoms.